The number of nitrogens with zero attached hydrogens (tertiary/aromatic N) is 4. The fraction of sp³-hybridized carbons (Fsp3) is 0.462. The van der Waals surface area contributed by atoms with E-state index in [1.165, 1.54) is 30.2 Å². The molecule has 1 aliphatic rings. The van der Waals surface area contributed by atoms with Crippen LogP contribution in [0.4, 0.5) is 14.6 Å². The molecule has 2 aromatic rings. The van der Waals surface area contributed by atoms with Gasteiger partial charge >= 0.3 is 6.08 Å². The smallest absolute Gasteiger partial charge is 0.310 e. The molecule has 0 aliphatic carbocycles. The maximum atomic E-state index is 14.7. The van der Waals surface area contributed by atoms with Gasteiger partial charge in [0.15, 0.2) is 11.9 Å². The average Bonchev–Trinajstić information content (AvgIpc) is 3.04. The van der Waals surface area contributed by atoms with Crippen molar-refractivity contribution in [3.05, 3.63) is 24.8 Å². The zero-order chi connectivity index (χ0) is 16.8. The first-order valence-electron chi connectivity index (χ1n) is 6.79. The van der Waals surface area contributed by atoms with Crippen LogP contribution in [0.5, 0.6) is 0 Å². The number of halogens is 2. The third-order valence-corrected chi connectivity index (χ3v) is 3.83. The molecule has 2 aromatic heterocycles. The van der Waals surface area contributed by atoms with E-state index in [4.69, 9.17) is 15.6 Å². The number of hydrogen-bond acceptors (Lipinski definition) is 7. The summed E-state index contributed by atoms with van der Waals surface area (Å²) in [6.07, 6.45) is -0.800. The van der Waals surface area contributed by atoms with Gasteiger partial charge in [-0.2, -0.15) is 9.37 Å². The molecule has 4 N–H and O–H groups in total. The topological polar surface area (TPSA) is 119 Å². The van der Waals surface area contributed by atoms with Gasteiger partial charge in [0.2, 0.25) is 0 Å². The summed E-state index contributed by atoms with van der Waals surface area (Å²) < 4.78 is 34.2. The van der Waals surface area contributed by atoms with Crippen molar-refractivity contribution in [3.8, 4) is 11.3 Å². The van der Waals surface area contributed by atoms with Gasteiger partial charge in [0.1, 0.15) is 18.0 Å². The number of imidazole rings is 1. The molecule has 0 spiro atoms. The Bertz CT molecular complexity index is 723. The molecular weight excluding hydrogens is 312 g/mol. The summed E-state index contributed by atoms with van der Waals surface area (Å²) in [5.74, 6) is -0.105. The van der Waals surface area contributed by atoms with Gasteiger partial charge in [0.25, 0.3) is 0 Å². The first-order valence-corrected chi connectivity index (χ1v) is 6.79. The minimum absolute atomic E-state index is 0.105. The first-order chi connectivity index (χ1) is 10.8. The Morgan fingerprint density at radius 3 is 2.83 bits per heavy atom. The maximum absolute atomic E-state index is 14.7. The van der Waals surface area contributed by atoms with Gasteiger partial charge in [0.05, 0.1) is 24.2 Å². The Labute approximate surface area is 129 Å². The molecule has 0 saturated carbocycles. The maximum Gasteiger partial charge on any atom is 0.310 e. The number of aliphatic hydroxyl groups is 2. The quantitative estimate of drug-likeness (QED) is 0.681. The molecule has 0 amide bonds. The second-order valence-corrected chi connectivity index (χ2v) is 5.45. The van der Waals surface area contributed by atoms with Crippen LogP contribution in [0, 0.1) is 6.08 Å². The lowest BCUT2D eigenvalue weighted by Gasteiger charge is -2.24. The molecular formula is C13H15F2N5O3. The van der Waals surface area contributed by atoms with Crippen LogP contribution in [0.3, 0.4) is 0 Å². The molecule has 124 valence electrons. The zero-order valence-electron chi connectivity index (χ0n) is 12.1. The molecule has 1 aliphatic heterocycles. The number of ether oxygens (including phenoxy) is 1. The highest BCUT2D eigenvalue weighted by molar-refractivity contribution is 5.68. The molecule has 1 fully saturated rings. The molecule has 3 rings (SSSR count). The van der Waals surface area contributed by atoms with Crippen LogP contribution >= 0.6 is 0 Å². The minimum atomic E-state index is -2.13. The summed E-state index contributed by atoms with van der Waals surface area (Å²) in [7, 11) is 0. The number of anilines is 1. The van der Waals surface area contributed by atoms with E-state index in [9.17, 15) is 13.9 Å². The van der Waals surface area contributed by atoms with Crippen molar-refractivity contribution in [2.45, 2.75) is 31.0 Å². The molecule has 0 radical (unpaired) electrons. The van der Waals surface area contributed by atoms with E-state index < -0.39 is 36.8 Å². The molecule has 23 heavy (non-hydrogen) atoms. The van der Waals surface area contributed by atoms with Crippen LogP contribution < -0.4 is 5.73 Å². The van der Waals surface area contributed by atoms with E-state index >= 15 is 0 Å². The van der Waals surface area contributed by atoms with Gasteiger partial charge in [0, 0.05) is 12.4 Å². The van der Waals surface area contributed by atoms with Crippen LogP contribution in [-0.4, -0.2) is 54.2 Å². The van der Waals surface area contributed by atoms with Crippen LogP contribution in [0.15, 0.2) is 18.7 Å². The van der Waals surface area contributed by atoms with Crippen molar-refractivity contribution < 1.29 is 23.7 Å². The Morgan fingerprint density at radius 1 is 1.48 bits per heavy atom. The molecule has 8 nitrogen and oxygen atoms in total. The van der Waals surface area contributed by atoms with E-state index in [0.717, 1.165) is 0 Å². The molecule has 10 heteroatoms. The predicted octanol–water partition coefficient (Wildman–Crippen LogP) is 0.0402. The molecule has 0 bridgehead atoms. The fourth-order valence-electron chi connectivity index (χ4n) is 2.56. The number of hydrogen-bond donors (Lipinski definition) is 3. The second-order valence-electron chi connectivity index (χ2n) is 5.45. The van der Waals surface area contributed by atoms with E-state index in [-0.39, 0.29) is 11.4 Å². The molecule has 0 unspecified atom stereocenters. The Kier molecular flexibility index (Phi) is 3.74. The zero-order valence-corrected chi connectivity index (χ0v) is 12.1. The third kappa shape index (κ3) is 2.54. The van der Waals surface area contributed by atoms with Crippen molar-refractivity contribution in [2.24, 2.45) is 0 Å². The van der Waals surface area contributed by atoms with Crippen LogP contribution in [-0.2, 0) is 4.74 Å². The van der Waals surface area contributed by atoms with Gasteiger partial charge in [-0.05, 0) is 6.92 Å². The van der Waals surface area contributed by atoms with Crippen molar-refractivity contribution >= 4 is 5.82 Å². The summed E-state index contributed by atoms with van der Waals surface area (Å²) >= 11 is 0. The largest absolute Gasteiger partial charge is 0.394 e. The van der Waals surface area contributed by atoms with Gasteiger partial charge < -0.3 is 25.3 Å². The number of rotatable bonds is 3. The lowest BCUT2D eigenvalue weighted by Crippen LogP contribution is -2.40. The molecule has 4 atom stereocenters. The summed E-state index contributed by atoms with van der Waals surface area (Å²) in [5.41, 5.74) is 4.06. The van der Waals surface area contributed by atoms with Crippen molar-refractivity contribution in [1.29, 1.82) is 0 Å². The normalized spacial score (nSPS) is 30.7. The highest BCUT2D eigenvalue weighted by Crippen LogP contribution is 2.41. The van der Waals surface area contributed by atoms with Crippen molar-refractivity contribution in [2.75, 3.05) is 12.3 Å². The van der Waals surface area contributed by atoms with Gasteiger partial charge in [-0.15, -0.1) is 0 Å². The number of aliphatic hydroxyl groups excluding tert-OH is 2. The second kappa shape index (κ2) is 5.48. The molecule has 0 aromatic carbocycles. The number of nitrogen functional groups attached to an aromatic ring is 1. The SMILES string of the molecule is C[C@@]1(F)[C@H](O)[C@@H](CO)O[C@H]1n1cnc(-c2cnc(F)nc2N)c1. The lowest BCUT2D eigenvalue weighted by atomic mass is 9.99. The summed E-state index contributed by atoms with van der Waals surface area (Å²) in [5, 5.41) is 19.0. The predicted molar refractivity (Wildman–Crippen MR) is 74.1 cm³/mol. The summed E-state index contributed by atoms with van der Waals surface area (Å²) in [4.78, 5) is 10.9. The van der Waals surface area contributed by atoms with Crippen LogP contribution in [0.1, 0.15) is 13.2 Å². The van der Waals surface area contributed by atoms with Gasteiger partial charge in [-0.25, -0.2) is 14.4 Å². The standard InChI is InChI=1S/C13H15F2N5O3/c1-13(15)9(22)8(4-21)23-11(13)20-3-7(18-5-20)6-2-17-12(14)19-10(6)16/h2-3,5,8-9,11,21-22H,4H2,1H3,(H2,16,17,19)/t8-,9-,11-,13-/m1/s1. The van der Waals surface area contributed by atoms with E-state index in [2.05, 4.69) is 15.0 Å². The first kappa shape index (κ1) is 15.7. The Hall–Kier alpha value is -2.17. The van der Waals surface area contributed by atoms with E-state index in [1.807, 2.05) is 0 Å². The average molecular weight is 327 g/mol. The number of aromatic nitrogens is 4. The van der Waals surface area contributed by atoms with E-state index in [1.54, 1.807) is 0 Å². The van der Waals surface area contributed by atoms with Crippen molar-refractivity contribution in [1.82, 2.24) is 19.5 Å². The summed E-state index contributed by atoms with van der Waals surface area (Å²) in [6, 6.07) is 0. The fourth-order valence-corrected chi connectivity index (χ4v) is 2.56. The number of nitrogens with two attached hydrogens (primary N) is 1. The molecule has 1 saturated heterocycles. The number of alkyl halides is 1. The monoisotopic (exact) mass is 327 g/mol. The highest BCUT2D eigenvalue weighted by atomic mass is 19.1. The Morgan fingerprint density at radius 2 is 2.22 bits per heavy atom. The van der Waals surface area contributed by atoms with Gasteiger partial charge in [-0.1, -0.05) is 0 Å². The Balaban J connectivity index is 1.93. The highest BCUT2D eigenvalue weighted by Gasteiger charge is 2.54. The minimum Gasteiger partial charge on any atom is -0.394 e. The molecule has 3 heterocycles. The third-order valence-electron chi connectivity index (χ3n) is 3.83. The van der Waals surface area contributed by atoms with Crippen molar-refractivity contribution in [3.63, 3.8) is 0 Å². The van der Waals surface area contributed by atoms with Gasteiger partial charge in [-0.3, -0.25) is 0 Å². The lowest BCUT2D eigenvalue weighted by molar-refractivity contribution is -0.0586. The van der Waals surface area contributed by atoms with Crippen LogP contribution in [0.25, 0.3) is 11.3 Å². The van der Waals surface area contributed by atoms with E-state index in [0.29, 0.717) is 5.69 Å². The van der Waals surface area contributed by atoms with Crippen LogP contribution in [0.2, 0.25) is 0 Å². The summed E-state index contributed by atoms with van der Waals surface area (Å²) in [6.45, 7) is 0.657.